The van der Waals surface area contributed by atoms with Gasteiger partial charge in [0.25, 0.3) is 0 Å². The minimum atomic E-state index is 0.169. The van der Waals surface area contributed by atoms with Crippen LogP contribution in [-0.2, 0) is 6.42 Å². The monoisotopic (exact) mass is 268 g/mol. The molecular formula is C17H16OS. The molecule has 0 spiro atoms. The maximum Gasteiger partial charge on any atom is 0.195 e. The minimum absolute atomic E-state index is 0.169. The van der Waals surface area contributed by atoms with E-state index in [9.17, 15) is 4.79 Å². The third kappa shape index (κ3) is 2.28. The van der Waals surface area contributed by atoms with Gasteiger partial charge in [0.2, 0.25) is 0 Å². The van der Waals surface area contributed by atoms with E-state index >= 15 is 0 Å². The van der Waals surface area contributed by atoms with Gasteiger partial charge in [-0.2, -0.15) is 0 Å². The van der Waals surface area contributed by atoms with E-state index in [0.717, 1.165) is 26.6 Å². The number of unbranched alkanes of at least 4 members (excludes halogenated alkanes) is 1. The van der Waals surface area contributed by atoms with Crippen LogP contribution < -0.4 is 5.43 Å². The second kappa shape index (κ2) is 5.14. The molecule has 0 amide bonds. The van der Waals surface area contributed by atoms with Crippen LogP contribution in [0.15, 0.2) is 47.3 Å². The van der Waals surface area contributed by atoms with Crippen LogP contribution in [0.3, 0.4) is 0 Å². The molecule has 1 heterocycles. The van der Waals surface area contributed by atoms with E-state index in [0.29, 0.717) is 0 Å². The predicted octanol–water partition coefficient (Wildman–Crippen LogP) is 4.76. The van der Waals surface area contributed by atoms with Gasteiger partial charge in [-0.05, 0) is 42.7 Å². The molecule has 0 aliphatic heterocycles. The van der Waals surface area contributed by atoms with E-state index < -0.39 is 0 Å². The summed E-state index contributed by atoms with van der Waals surface area (Å²) in [4.78, 5) is 12.5. The fraction of sp³-hybridized carbons (Fsp3) is 0.235. The third-order valence-corrected chi connectivity index (χ3v) is 4.61. The summed E-state index contributed by atoms with van der Waals surface area (Å²) in [5, 5.41) is 1.71. The maximum atomic E-state index is 12.5. The van der Waals surface area contributed by atoms with Crippen molar-refractivity contribution in [3.05, 3.63) is 58.3 Å². The first-order chi connectivity index (χ1) is 9.29. The van der Waals surface area contributed by atoms with Crippen molar-refractivity contribution in [1.29, 1.82) is 0 Å². The normalized spacial score (nSPS) is 11.2. The molecule has 0 aliphatic rings. The van der Waals surface area contributed by atoms with Gasteiger partial charge in [0, 0.05) is 20.2 Å². The Balaban J connectivity index is 2.24. The second-order valence-electron chi connectivity index (χ2n) is 4.86. The van der Waals surface area contributed by atoms with Crippen molar-refractivity contribution >= 4 is 31.5 Å². The number of hydrogen-bond donors (Lipinski definition) is 0. The molecule has 2 aromatic carbocycles. The van der Waals surface area contributed by atoms with Crippen LogP contribution in [0.25, 0.3) is 20.2 Å². The van der Waals surface area contributed by atoms with E-state index in [2.05, 4.69) is 25.1 Å². The van der Waals surface area contributed by atoms with Gasteiger partial charge < -0.3 is 0 Å². The molecule has 0 bridgehead atoms. The molecule has 1 aromatic heterocycles. The third-order valence-electron chi connectivity index (χ3n) is 3.46. The predicted molar refractivity (Wildman–Crippen MR) is 84.2 cm³/mol. The first kappa shape index (κ1) is 12.4. The molecule has 0 unspecified atom stereocenters. The quantitative estimate of drug-likeness (QED) is 0.626. The second-order valence-corrected chi connectivity index (χ2v) is 5.95. The van der Waals surface area contributed by atoms with Crippen LogP contribution in [0.1, 0.15) is 25.3 Å². The van der Waals surface area contributed by atoms with Gasteiger partial charge in [-0.1, -0.05) is 31.5 Å². The van der Waals surface area contributed by atoms with Crippen molar-refractivity contribution in [2.45, 2.75) is 26.2 Å². The maximum absolute atomic E-state index is 12.5. The Kier molecular flexibility index (Phi) is 3.34. The zero-order valence-corrected chi connectivity index (χ0v) is 11.8. The lowest BCUT2D eigenvalue weighted by molar-refractivity contribution is 0.796. The molecule has 0 N–H and O–H groups in total. The molecule has 0 atom stereocenters. The Morgan fingerprint density at radius 2 is 1.79 bits per heavy atom. The van der Waals surface area contributed by atoms with Crippen molar-refractivity contribution in [2.75, 3.05) is 0 Å². The van der Waals surface area contributed by atoms with Gasteiger partial charge in [0.1, 0.15) is 0 Å². The highest BCUT2D eigenvalue weighted by molar-refractivity contribution is 7.24. The van der Waals surface area contributed by atoms with Crippen molar-refractivity contribution < 1.29 is 0 Å². The largest absolute Gasteiger partial charge is 0.289 e. The summed E-state index contributed by atoms with van der Waals surface area (Å²) in [6, 6.07) is 14.2. The number of fused-ring (bicyclic) bond motifs is 2. The van der Waals surface area contributed by atoms with Crippen molar-refractivity contribution in [3.63, 3.8) is 0 Å². The average molecular weight is 268 g/mol. The Labute approximate surface area is 116 Å². The zero-order valence-electron chi connectivity index (χ0n) is 11.0. The molecule has 0 saturated heterocycles. The van der Waals surface area contributed by atoms with Gasteiger partial charge >= 0.3 is 0 Å². The van der Waals surface area contributed by atoms with Crippen LogP contribution in [0, 0.1) is 0 Å². The highest BCUT2D eigenvalue weighted by atomic mass is 32.1. The lowest BCUT2D eigenvalue weighted by Gasteiger charge is -2.04. The Hall–Kier alpha value is -1.67. The first-order valence-corrected chi connectivity index (χ1v) is 7.55. The summed E-state index contributed by atoms with van der Waals surface area (Å²) in [5.74, 6) is 0. The number of aryl methyl sites for hydroxylation is 1. The Morgan fingerprint density at radius 1 is 1.00 bits per heavy atom. The average Bonchev–Trinajstić information content (AvgIpc) is 2.46. The first-order valence-electron chi connectivity index (χ1n) is 6.74. The van der Waals surface area contributed by atoms with Crippen LogP contribution in [0.4, 0.5) is 0 Å². The molecule has 96 valence electrons. The Bertz CT molecular complexity index is 786. The summed E-state index contributed by atoms with van der Waals surface area (Å²) >= 11 is 1.70. The van der Waals surface area contributed by atoms with Crippen molar-refractivity contribution in [1.82, 2.24) is 0 Å². The van der Waals surface area contributed by atoms with E-state index in [1.54, 1.807) is 11.3 Å². The van der Waals surface area contributed by atoms with E-state index in [4.69, 9.17) is 0 Å². The van der Waals surface area contributed by atoms with E-state index in [1.165, 1.54) is 18.4 Å². The van der Waals surface area contributed by atoms with E-state index in [-0.39, 0.29) is 5.43 Å². The van der Waals surface area contributed by atoms with Crippen LogP contribution >= 0.6 is 11.3 Å². The van der Waals surface area contributed by atoms with Crippen LogP contribution in [-0.4, -0.2) is 0 Å². The standard InChI is InChI=1S/C17H16OS/c1-2-3-6-12-9-10-16-14(11-12)17(18)13-7-4-5-8-15(13)19-16/h4-5,7-11H,2-3,6H2,1H3. The van der Waals surface area contributed by atoms with Crippen molar-refractivity contribution in [2.24, 2.45) is 0 Å². The van der Waals surface area contributed by atoms with Gasteiger partial charge in [0.05, 0.1) is 0 Å². The number of hydrogen-bond acceptors (Lipinski definition) is 2. The Morgan fingerprint density at radius 3 is 2.63 bits per heavy atom. The fourth-order valence-corrected chi connectivity index (χ4v) is 3.44. The molecule has 3 rings (SSSR count). The topological polar surface area (TPSA) is 17.1 Å². The molecule has 0 fully saturated rings. The summed E-state index contributed by atoms with van der Waals surface area (Å²) in [6.45, 7) is 2.19. The number of benzene rings is 2. The highest BCUT2D eigenvalue weighted by Crippen LogP contribution is 2.25. The number of rotatable bonds is 3. The van der Waals surface area contributed by atoms with Gasteiger partial charge in [-0.25, -0.2) is 0 Å². The molecule has 3 aromatic rings. The van der Waals surface area contributed by atoms with Gasteiger partial charge in [0.15, 0.2) is 5.43 Å². The smallest absolute Gasteiger partial charge is 0.195 e. The lowest BCUT2D eigenvalue weighted by atomic mass is 10.1. The summed E-state index contributed by atoms with van der Waals surface area (Å²) in [6.07, 6.45) is 3.42. The summed E-state index contributed by atoms with van der Waals surface area (Å²) < 4.78 is 2.16. The highest BCUT2D eigenvalue weighted by Gasteiger charge is 2.06. The molecule has 2 heteroatoms. The zero-order chi connectivity index (χ0) is 13.2. The SMILES string of the molecule is CCCCc1ccc2sc3ccccc3c(=O)c2c1. The lowest BCUT2D eigenvalue weighted by Crippen LogP contribution is -2.01. The van der Waals surface area contributed by atoms with Crippen LogP contribution in [0.5, 0.6) is 0 Å². The minimum Gasteiger partial charge on any atom is -0.289 e. The molecule has 1 nitrogen and oxygen atoms in total. The molecule has 0 aliphatic carbocycles. The van der Waals surface area contributed by atoms with Gasteiger partial charge in [-0.3, -0.25) is 4.79 Å². The molecule has 0 saturated carbocycles. The summed E-state index contributed by atoms with van der Waals surface area (Å²) in [5.41, 5.74) is 1.44. The summed E-state index contributed by atoms with van der Waals surface area (Å²) in [7, 11) is 0. The molecule has 19 heavy (non-hydrogen) atoms. The molecule has 0 radical (unpaired) electrons. The molecular weight excluding hydrogens is 252 g/mol. The van der Waals surface area contributed by atoms with Gasteiger partial charge in [-0.15, -0.1) is 11.3 Å². The fourth-order valence-electron chi connectivity index (χ4n) is 2.39. The van der Waals surface area contributed by atoms with Crippen molar-refractivity contribution in [3.8, 4) is 0 Å². The van der Waals surface area contributed by atoms with E-state index in [1.807, 2.05) is 24.3 Å². The van der Waals surface area contributed by atoms with Crippen LogP contribution in [0.2, 0.25) is 0 Å².